The molecule has 174 valence electrons. The van der Waals surface area contributed by atoms with E-state index >= 15 is 0 Å². The van der Waals surface area contributed by atoms with Crippen LogP contribution in [0.15, 0.2) is 78.0 Å². The van der Waals surface area contributed by atoms with Crippen molar-refractivity contribution in [3.8, 4) is 28.6 Å². The van der Waals surface area contributed by atoms with Crippen LogP contribution in [0.5, 0.6) is 11.5 Å². The van der Waals surface area contributed by atoms with Gasteiger partial charge in [-0.15, -0.1) is 10.2 Å². The molecule has 0 unspecified atom stereocenters. The molecule has 1 heterocycles. The standard InChI is InChI=1S/C26H26N4O3S/c1-17-10-8-9-13-21(17)27-25(31)18(2)34-26-29-28-24(30(26)20-11-6-5-7-12-20)19-14-15-22(32-3)23(16-19)33-4/h5-16,18H,1-4H3,(H,27,31)/t18-/m0/s1. The summed E-state index contributed by atoms with van der Waals surface area (Å²) in [6, 6.07) is 23.2. The van der Waals surface area contributed by atoms with E-state index in [-0.39, 0.29) is 5.91 Å². The van der Waals surface area contributed by atoms with Gasteiger partial charge in [-0.2, -0.15) is 0 Å². The van der Waals surface area contributed by atoms with Crippen LogP contribution in [0, 0.1) is 6.92 Å². The lowest BCUT2D eigenvalue weighted by Crippen LogP contribution is -2.23. The molecule has 0 radical (unpaired) electrons. The van der Waals surface area contributed by atoms with Crippen molar-refractivity contribution in [1.29, 1.82) is 0 Å². The van der Waals surface area contributed by atoms with Gasteiger partial charge >= 0.3 is 0 Å². The van der Waals surface area contributed by atoms with Gasteiger partial charge in [0.05, 0.1) is 19.5 Å². The Morgan fingerprint density at radius 2 is 1.65 bits per heavy atom. The van der Waals surface area contributed by atoms with E-state index in [0.717, 1.165) is 22.5 Å². The summed E-state index contributed by atoms with van der Waals surface area (Å²) in [7, 11) is 3.20. The maximum absolute atomic E-state index is 12.9. The molecule has 0 bridgehead atoms. The SMILES string of the molecule is COc1ccc(-c2nnc(S[C@@H](C)C(=O)Nc3ccccc3C)n2-c2ccccc2)cc1OC. The lowest BCUT2D eigenvalue weighted by Gasteiger charge is -2.15. The zero-order valence-electron chi connectivity index (χ0n) is 19.5. The number of aryl methyl sites for hydroxylation is 1. The van der Waals surface area contributed by atoms with Gasteiger partial charge in [0, 0.05) is 16.9 Å². The zero-order chi connectivity index (χ0) is 24.1. The number of hydrogen-bond donors (Lipinski definition) is 1. The highest BCUT2D eigenvalue weighted by molar-refractivity contribution is 8.00. The van der Waals surface area contributed by atoms with Crippen LogP contribution in [0.25, 0.3) is 17.1 Å². The van der Waals surface area contributed by atoms with Crippen LogP contribution in [-0.4, -0.2) is 40.1 Å². The van der Waals surface area contributed by atoms with Gasteiger partial charge in [-0.25, -0.2) is 0 Å². The van der Waals surface area contributed by atoms with Crippen molar-refractivity contribution < 1.29 is 14.3 Å². The van der Waals surface area contributed by atoms with Crippen LogP contribution in [0.2, 0.25) is 0 Å². The molecule has 1 aromatic heterocycles. The predicted molar refractivity (Wildman–Crippen MR) is 135 cm³/mol. The van der Waals surface area contributed by atoms with E-state index < -0.39 is 5.25 Å². The van der Waals surface area contributed by atoms with Gasteiger partial charge in [0.1, 0.15) is 0 Å². The third-order valence-corrected chi connectivity index (χ3v) is 6.39. The van der Waals surface area contributed by atoms with Crippen LogP contribution in [0.3, 0.4) is 0 Å². The molecular formula is C26H26N4O3S. The smallest absolute Gasteiger partial charge is 0.237 e. The second-order valence-corrected chi connectivity index (χ2v) is 8.92. The molecule has 0 aliphatic heterocycles. The first kappa shape index (κ1) is 23.4. The Morgan fingerprint density at radius 3 is 2.35 bits per heavy atom. The average molecular weight is 475 g/mol. The molecule has 0 aliphatic rings. The van der Waals surface area contributed by atoms with Gasteiger partial charge in [0.2, 0.25) is 5.91 Å². The number of rotatable bonds is 8. The number of hydrogen-bond acceptors (Lipinski definition) is 6. The van der Waals surface area contributed by atoms with Gasteiger partial charge in [0.25, 0.3) is 0 Å². The number of methoxy groups -OCH3 is 2. The van der Waals surface area contributed by atoms with Crippen molar-refractivity contribution in [2.45, 2.75) is 24.3 Å². The summed E-state index contributed by atoms with van der Waals surface area (Å²) in [5, 5.41) is 12.1. The number of carbonyl (C=O) groups is 1. The molecule has 0 saturated heterocycles. The fraction of sp³-hybridized carbons (Fsp3) is 0.192. The van der Waals surface area contributed by atoms with Gasteiger partial charge in [0.15, 0.2) is 22.5 Å². The summed E-state index contributed by atoms with van der Waals surface area (Å²) < 4.78 is 12.8. The Balaban J connectivity index is 1.68. The maximum Gasteiger partial charge on any atom is 0.237 e. The highest BCUT2D eigenvalue weighted by Crippen LogP contribution is 2.35. The van der Waals surface area contributed by atoms with E-state index in [1.54, 1.807) is 14.2 Å². The number of benzene rings is 3. The third kappa shape index (κ3) is 4.92. The maximum atomic E-state index is 12.9. The zero-order valence-corrected chi connectivity index (χ0v) is 20.3. The van der Waals surface area contributed by atoms with Gasteiger partial charge in [-0.1, -0.05) is 48.2 Å². The molecule has 0 aliphatic carbocycles. The van der Waals surface area contributed by atoms with Crippen molar-refractivity contribution in [1.82, 2.24) is 14.8 Å². The van der Waals surface area contributed by atoms with Crippen molar-refractivity contribution in [2.24, 2.45) is 0 Å². The lowest BCUT2D eigenvalue weighted by molar-refractivity contribution is -0.115. The fourth-order valence-corrected chi connectivity index (χ4v) is 4.34. The number of carbonyl (C=O) groups excluding carboxylic acids is 1. The number of para-hydroxylation sites is 2. The molecule has 4 rings (SSSR count). The number of anilines is 1. The fourth-order valence-electron chi connectivity index (χ4n) is 3.48. The summed E-state index contributed by atoms with van der Waals surface area (Å²) in [6.45, 7) is 3.83. The number of nitrogens with zero attached hydrogens (tertiary/aromatic N) is 3. The average Bonchev–Trinajstić information content (AvgIpc) is 3.28. The van der Waals surface area contributed by atoms with Crippen molar-refractivity contribution in [2.75, 3.05) is 19.5 Å². The monoisotopic (exact) mass is 474 g/mol. The van der Waals surface area contributed by atoms with Crippen molar-refractivity contribution in [3.63, 3.8) is 0 Å². The van der Waals surface area contributed by atoms with E-state index in [0.29, 0.717) is 22.5 Å². The first-order valence-electron chi connectivity index (χ1n) is 10.8. The highest BCUT2D eigenvalue weighted by atomic mass is 32.2. The van der Waals surface area contributed by atoms with E-state index in [1.807, 2.05) is 91.2 Å². The quantitative estimate of drug-likeness (QED) is 0.346. The second kappa shape index (κ2) is 10.4. The van der Waals surface area contributed by atoms with Crippen LogP contribution in [0.4, 0.5) is 5.69 Å². The summed E-state index contributed by atoms with van der Waals surface area (Å²) in [5.74, 6) is 1.77. The minimum absolute atomic E-state index is 0.102. The minimum atomic E-state index is -0.399. The molecule has 1 atom stereocenters. The van der Waals surface area contributed by atoms with E-state index in [9.17, 15) is 4.79 Å². The van der Waals surface area contributed by atoms with E-state index in [1.165, 1.54) is 11.8 Å². The molecule has 0 fully saturated rings. The molecular weight excluding hydrogens is 448 g/mol. The lowest BCUT2D eigenvalue weighted by atomic mass is 10.2. The molecule has 1 N–H and O–H groups in total. The summed E-state index contributed by atoms with van der Waals surface area (Å²) >= 11 is 1.35. The Labute approximate surface area is 203 Å². The topological polar surface area (TPSA) is 78.3 Å². The van der Waals surface area contributed by atoms with Gasteiger partial charge < -0.3 is 14.8 Å². The molecule has 0 spiro atoms. The normalized spacial score (nSPS) is 11.6. The molecule has 1 amide bonds. The Hall–Kier alpha value is -3.78. The summed E-state index contributed by atoms with van der Waals surface area (Å²) in [5.41, 5.74) is 3.52. The van der Waals surface area contributed by atoms with E-state index in [4.69, 9.17) is 9.47 Å². The Kier molecular flexibility index (Phi) is 7.18. The van der Waals surface area contributed by atoms with Gasteiger partial charge in [-0.05, 0) is 55.8 Å². The Bertz CT molecular complexity index is 1290. The van der Waals surface area contributed by atoms with E-state index in [2.05, 4.69) is 15.5 Å². The molecule has 7 nitrogen and oxygen atoms in total. The minimum Gasteiger partial charge on any atom is -0.493 e. The first-order chi connectivity index (χ1) is 16.5. The number of thioether (sulfide) groups is 1. The summed E-state index contributed by atoms with van der Waals surface area (Å²) in [4.78, 5) is 12.9. The van der Waals surface area contributed by atoms with Crippen molar-refractivity contribution in [3.05, 3.63) is 78.4 Å². The molecule has 0 saturated carbocycles. The van der Waals surface area contributed by atoms with Crippen LogP contribution in [0.1, 0.15) is 12.5 Å². The molecule has 8 heteroatoms. The molecule has 34 heavy (non-hydrogen) atoms. The number of amides is 1. The predicted octanol–water partition coefficient (Wildman–Crippen LogP) is 5.38. The second-order valence-electron chi connectivity index (χ2n) is 7.61. The van der Waals surface area contributed by atoms with Gasteiger partial charge in [-0.3, -0.25) is 9.36 Å². The number of aromatic nitrogens is 3. The van der Waals surface area contributed by atoms with Crippen LogP contribution < -0.4 is 14.8 Å². The first-order valence-corrected chi connectivity index (χ1v) is 11.7. The molecule has 4 aromatic rings. The molecule has 3 aromatic carbocycles. The number of nitrogens with one attached hydrogen (secondary N) is 1. The number of ether oxygens (including phenoxy) is 2. The highest BCUT2D eigenvalue weighted by Gasteiger charge is 2.23. The Morgan fingerprint density at radius 1 is 0.941 bits per heavy atom. The van der Waals surface area contributed by atoms with Crippen LogP contribution >= 0.6 is 11.8 Å². The largest absolute Gasteiger partial charge is 0.493 e. The summed E-state index contributed by atoms with van der Waals surface area (Å²) in [6.07, 6.45) is 0. The van der Waals surface area contributed by atoms with Crippen LogP contribution in [-0.2, 0) is 4.79 Å². The third-order valence-electron chi connectivity index (χ3n) is 5.34. The van der Waals surface area contributed by atoms with Crippen molar-refractivity contribution >= 4 is 23.4 Å².